The fourth-order valence-corrected chi connectivity index (χ4v) is 2.36. The highest BCUT2D eigenvalue weighted by Gasteiger charge is 2.10. The van der Waals surface area contributed by atoms with Crippen LogP contribution in [0.4, 0.5) is 4.39 Å². The number of carbonyl (C=O) groups excluding carboxylic acids is 1. The van der Waals surface area contributed by atoms with E-state index >= 15 is 0 Å². The molecule has 3 aromatic rings. The Kier molecular flexibility index (Phi) is 4.39. The van der Waals surface area contributed by atoms with Crippen LogP contribution in [0.5, 0.6) is 5.75 Å². The summed E-state index contributed by atoms with van der Waals surface area (Å²) < 4.78 is 12.8. The molecule has 0 atom stereocenters. The molecule has 24 heavy (non-hydrogen) atoms. The van der Waals surface area contributed by atoms with Crippen LogP contribution in [0.2, 0.25) is 5.02 Å². The SMILES string of the molecule is O=C(N/N=C\c1cc(Cl)c(O)c2ncccc12)c1ccc(F)cc1. The number of pyridine rings is 1. The van der Waals surface area contributed by atoms with Gasteiger partial charge in [-0.2, -0.15) is 5.10 Å². The molecule has 0 radical (unpaired) electrons. The van der Waals surface area contributed by atoms with Crippen LogP contribution < -0.4 is 5.43 Å². The zero-order valence-electron chi connectivity index (χ0n) is 12.2. The summed E-state index contributed by atoms with van der Waals surface area (Å²) in [5.74, 6) is -1.01. The van der Waals surface area contributed by atoms with Crippen molar-refractivity contribution < 1.29 is 14.3 Å². The molecule has 5 nitrogen and oxygen atoms in total. The molecule has 7 heteroatoms. The van der Waals surface area contributed by atoms with Gasteiger partial charge in [0.2, 0.25) is 0 Å². The average molecular weight is 344 g/mol. The Labute approximate surface area is 141 Å². The van der Waals surface area contributed by atoms with Gasteiger partial charge in [-0.05, 0) is 36.4 Å². The second-order valence-electron chi connectivity index (χ2n) is 4.90. The van der Waals surface area contributed by atoms with Gasteiger partial charge in [-0.1, -0.05) is 17.7 Å². The maximum Gasteiger partial charge on any atom is 0.271 e. The van der Waals surface area contributed by atoms with Crippen LogP contribution in [0.15, 0.2) is 53.8 Å². The number of rotatable bonds is 3. The van der Waals surface area contributed by atoms with Gasteiger partial charge >= 0.3 is 0 Å². The van der Waals surface area contributed by atoms with E-state index < -0.39 is 11.7 Å². The number of carbonyl (C=O) groups is 1. The van der Waals surface area contributed by atoms with E-state index in [0.29, 0.717) is 16.5 Å². The molecule has 0 unspecified atom stereocenters. The van der Waals surface area contributed by atoms with Crippen LogP contribution >= 0.6 is 11.6 Å². The molecular formula is C17H11ClFN3O2. The molecule has 2 aromatic carbocycles. The van der Waals surface area contributed by atoms with Crippen LogP contribution in [0.3, 0.4) is 0 Å². The molecule has 2 N–H and O–H groups in total. The fourth-order valence-electron chi connectivity index (χ4n) is 2.16. The number of hydrogen-bond donors (Lipinski definition) is 2. The maximum atomic E-state index is 12.8. The average Bonchev–Trinajstić information content (AvgIpc) is 2.59. The van der Waals surface area contributed by atoms with E-state index in [9.17, 15) is 14.3 Å². The zero-order chi connectivity index (χ0) is 17.1. The summed E-state index contributed by atoms with van der Waals surface area (Å²) >= 11 is 5.97. The number of aromatic nitrogens is 1. The number of aromatic hydroxyl groups is 1. The van der Waals surface area contributed by atoms with E-state index in [-0.39, 0.29) is 16.3 Å². The summed E-state index contributed by atoms with van der Waals surface area (Å²) in [6.07, 6.45) is 2.94. The Morgan fingerprint density at radius 1 is 1.29 bits per heavy atom. The number of fused-ring (bicyclic) bond motifs is 1. The number of phenols is 1. The number of hydrogen-bond acceptors (Lipinski definition) is 4. The monoisotopic (exact) mass is 343 g/mol. The summed E-state index contributed by atoms with van der Waals surface area (Å²) in [7, 11) is 0. The second kappa shape index (κ2) is 6.64. The van der Waals surface area contributed by atoms with Crippen LogP contribution in [0.1, 0.15) is 15.9 Å². The summed E-state index contributed by atoms with van der Waals surface area (Å²) in [5.41, 5.74) is 3.56. The highest BCUT2D eigenvalue weighted by atomic mass is 35.5. The quantitative estimate of drug-likeness (QED) is 0.564. The minimum Gasteiger partial charge on any atom is -0.504 e. The van der Waals surface area contributed by atoms with Gasteiger partial charge < -0.3 is 5.11 Å². The lowest BCUT2D eigenvalue weighted by molar-refractivity contribution is 0.0955. The van der Waals surface area contributed by atoms with Gasteiger partial charge in [0, 0.05) is 22.7 Å². The largest absolute Gasteiger partial charge is 0.504 e. The first-order chi connectivity index (χ1) is 11.6. The van der Waals surface area contributed by atoms with Crippen molar-refractivity contribution in [1.82, 2.24) is 10.4 Å². The van der Waals surface area contributed by atoms with Crippen molar-refractivity contribution in [2.75, 3.05) is 0 Å². The fraction of sp³-hybridized carbons (Fsp3) is 0. The molecule has 120 valence electrons. The number of halogens is 2. The first-order valence-electron chi connectivity index (χ1n) is 6.91. The first kappa shape index (κ1) is 15.9. The van der Waals surface area contributed by atoms with E-state index in [1.165, 1.54) is 42.7 Å². The molecule has 0 bridgehead atoms. The third-order valence-electron chi connectivity index (χ3n) is 3.33. The van der Waals surface area contributed by atoms with E-state index in [4.69, 9.17) is 11.6 Å². The minimum absolute atomic E-state index is 0.111. The Morgan fingerprint density at radius 3 is 2.79 bits per heavy atom. The van der Waals surface area contributed by atoms with Gasteiger partial charge in [-0.3, -0.25) is 9.78 Å². The predicted octanol–water partition coefficient (Wildman–Crippen LogP) is 3.50. The highest BCUT2D eigenvalue weighted by molar-refractivity contribution is 6.33. The van der Waals surface area contributed by atoms with E-state index in [0.717, 1.165) is 0 Å². The van der Waals surface area contributed by atoms with Crippen molar-refractivity contribution in [3.8, 4) is 5.75 Å². The zero-order valence-corrected chi connectivity index (χ0v) is 13.0. The molecule has 0 spiro atoms. The number of nitrogens with zero attached hydrogens (tertiary/aromatic N) is 2. The molecule has 0 fully saturated rings. The van der Waals surface area contributed by atoms with Crippen molar-refractivity contribution in [3.63, 3.8) is 0 Å². The smallest absolute Gasteiger partial charge is 0.271 e. The molecule has 0 aliphatic heterocycles. The van der Waals surface area contributed by atoms with Crippen molar-refractivity contribution in [2.45, 2.75) is 0 Å². The third kappa shape index (κ3) is 3.18. The first-order valence-corrected chi connectivity index (χ1v) is 7.29. The molecular weight excluding hydrogens is 333 g/mol. The molecule has 0 aliphatic rings. The molecule has 1 heterocycles. The Hall–Kier alpha value is -2.99. The lowest BCUT2D eigenvalue weighted by Gasteiger charge is -2.05. The normalized spacial score (nSPS) is 11.1. The minimum atomic E-state index is -0.474. The molecule has 3 rings (SSSR count). The van der Waals surface area contributed by atoms with Gasteiger partial charge in [0.25, 0.3) is 5.91 Å². The molecule has 1 aromatic heterocycles. The summed E-state index contributed by atoms with van der Waals surface area (Å²) in [6, 6.07) is 10.1. The predicted molar refractivity (Wildman–Crippen MR) is 89.9 cm³/mol. The number of benzene rings is 2. The summed E-state index contributed by atoms with van der Waals surface area (Å²) in [5, 5.41) is 14.6. The highest BCUT2D eigenvalue weighted by Crippen LogP contribution is 2.32. The molecule has 0 saturated carbocycles. The lowest BCUT2D eigenvalue weighted by Crippen LogP contribution is -2.17. The number of hydrazone groups is 1. The van der Waals surface area contributed by atoms with Gasteiger partial charge in [-0.15, -0.1) is 0 Å². The second-order valence-corrected chi connectivity index (χ2v) is 5.31. The topological polar surface area (TPSA) is 74.6 Å². The number of amides is 1. The Morgan fingerprint density at radius 2 is 2.04 bits per heavy atom. The standard InChI is InChI=1S/C17H11ClFN3O2/c18-14-8-11(13-2-1-7-20-15(13)16(14)23)9-21-22-17(24)10-3-5-12(19)6-4-10/h1-9,23H,(H,22,24)/b21-9-. The van der Waals surface area contributed by atoms with Crippen LogP contribution in [-0.2, 0) is 0 Å². The summed E-state index contributed by atoms with van der Waals surface area (Å²) in [6.45, 7) is 0. The number of nitrogens with one attached hydrogen (secondary N) is 1. The van der Waals surface area contributed by atoms with E-state index in [1.807, 2.05) is 0 Å². The summed E-state index contributed by atoms with van der Waals surface area (Å²) in [4.78, 5) is 16.0. The Bertz CT molecular complexity index is 942. The van der Waals surface area contributed by atoms with Gasteiger partial charge in [-0.25, -0.2) is 9.82 Å². The van der Waals surface area contributed by atoms with Gasteiger partial charge in [0.05, 0.1) is 11.2 Å². The van der Waals surface area contributed by atoms with Crippen molar-refractivity contribution in [3.05, 3.63) is 70.6 Å². The molecule has 0 saturated heterocycles. The lowest BCUT2D eigenvalue weighted by atomic mass is 10.1. The number of phenolic OH excluding ortho intramolecular Hbond substituents is 1. The van der Waals surface area contributed by atoms with E-state index in [2.05, 4.69) is 15.5 Å². The molecule has 1 amide bonds. The Balaban J connectivity index is 1.85. The third-order valence-corrected chi connectivity index (χ3v) is 3.62. The van der Waals surface area contributed by atoms with Crippen molar-refractivity contribution in [2.24, 2.45) is 5.10 Å². The van der Waals surface area contributed by atoms with Gasteiger partial charge in [0.1, 0.15) is 11.3 Å². The van der Waals surface area contributed by atoms with E-state index in [1.54, 1.807) is 12.1 Å². The van der Waals surface area contributed by atoms with Crippen LogP contribution in [0.25, 0.3) is 10.9 Å². The molecule has 0 aliphatic carbocycles. The van der Waals surface area contributed by atoms with Crippen LogP contribution in [-0.4, -0.2) is 22.2 Å². The van der Waals surface area contributed by atoms with Crippen molar-refractivity contribution in [1.29, 1.82) is 0 Å². The van der Waals surface area contributed by atoms with Crippen molar-refractivity contribution >= 4 is 34.6 Å². The van der Waals surface area contributed by atoms with Gasteiger partial charge in [0.15, 0.2) is 5.75 Å². The maximum absolute atomic E-state index is 12.8. The van der Waals surface area contributed by atoms with Crippen LogP contribution in [0, 0.1) is 5.82 Å².